The second-order valence-electron chi connectivity index (χ2n) is 3.31. The Balaban J connectivity index is 2.24. The summed E-state index contributed by atoms with van der Waals surface area (Å²) in [6, 6.07) is -0.410. The third-order valence-electron chi connectivity index (χ3n) is 2.04. The Morgan fingerprint density at radius 3 is 2.50 bits per heavy atom. The van der Waals surface area contributed by atoms with Gasteiger partial charge in [-0.25, -0.2) is 5.01 Å². The lowest BCUT2D eigenvalue weighted by Gasteiger charge is -2.27. The number of nitrogens with zero attached hydrogens (tertiary/aromatic N) is 1. The standard InChI is InChI=1S/C8H17N3O/c1-7(9)8(12)10-11-5-3-2-4-6-11/h7H,2-6,9H2,1H3,(H,10,12). The maximum Gasteiger partial charge on any atom is 0.250 e. The van der Waals surface area contributed by atoms with Gasteiger partial charge in [-0.3, -0.25) is 10.2 Å². The molecule has 0 saturated carbocycles. The molecule has 70 valence electrons. The Kier molecular flexibility index (Phi) is 3.49. The molecule has 4 heteroatoms. The number of rotatable bonds is 2. The second kappa shape index (κ2) is 4.42. The Bertz CT molecular complexity index is 152. The van der Waals surface area contributed by atoms with Crippen LogP contribution in [-0.4, -0.2) is 30.0 Å². The van der Waals surface area contributed by atoms with Crippen LogP contribution in [0, 0.1) is 0 Å². The number of piperidine rings is 1. The zero-order valence-electron chi connectivity index (χ0n) is 7.55. The summed E-state index contributed by atoms with van der Waals surface area (Å²) in [4.78, 5) is 11.1. The van der Waals surface area contributed by atoms with Crippen LogP contribution in [0.15, 0.2) is 0 Å². The summed E-state index contributed by atoms with van der Waals surface area (Å²) in [5.74, 6) is -0.0862. The van der Waals surface area contributed by atoms with E-state index in [2.05, 4.69) is 5.43 Å². The molecule has 1 aliphatic heterocycles. The highest BCUT2D eigenvalue weighted by Crippen LogP contribution is 2.05. The number of hydrogen-bond donors (Lipinski definition) is 2. The van der Waals surface area contributed by atoms with Crippen molar-refractivity contribution in [3.05, 3.63) is 0 Å². The Morgan fingerprint density at radius 2 is 2.00 bits per heavy atom. The minimum absolute atomic E-state index is 0.0862. The van der Waals surface area contributed by atoms with Crippen LogP contribution in [0.5, 0.6) is 0 Å². The molecule has 1 saturated heterocycles. The minimum atomic E-state index is -0.410. The van der Waals surface area contributed by atoms with E-state index in [-0.39, 0.29) is 5.91 Å². The molecule has 1 amide bonds. The van der Waals surface area contributed by atoms with E-state index in [1.165, 1.54) is 19.3 Å². The van der Waals surface area contributed by atoms with Gasteiger partial charge in [-0.1, -0.05) is 6.42 Å². The zero-order chi connectivity index (χ0) is 8.97. The largest absolute Gasteiger partial charge is 0.320 e. The topological polar surface area (TPSA) is 58.4 Å². The fraction of sp³-hybridized carbons (Fsp3) is 0.875. The lowest BCUT2D eigenvalue weighted by Crippen LogP contribution is -2.50. The van der Waals surface area contributed by atoms with Crippen LogP contribution >= 0.6 is 0 Å². The van der Waals surface area contributed by atoms with Crippen molar-refractivity contribution in [3.8, 4) is 0 Å². The maximum atomic E-state index is 11.1. The van der Waals surface area contributed by atoms with E-state index in [9.17, 15) is 4.79 Å². The average Bonchev–Trinajstić information content (AvgIpc) is 2.06. The van der Waals surface area contributed by atoms with Crippen molar-refractivity contribution in [3.63, 3.8) is 0 Å². The first-order chi connectivity index (χ1) is 5.70. The van der Waals surface area contributed by atoms with Crippen LogP contribution in [0.3, 0.4) is 0 Å². The predicted molar refractivity (Wildman–Crippen MR) is 47.2 cm³/mol. The molecule has 12 heavy (non-hydrogen) atoms. The first-order valence-corrected chi connectivity index (χ1v) is 4.51. The molecule has 3 N–H and O–H groups in total. The summed E-state index contributed by atoms with van der Waals surface area (Å²) in [7, 11) is 0. The Morgan fingerprint density at radius 1 is 1.42 bits per heavy atom. The number of hydrazine groups is 1. The Hall–Kier alpha value is -0.610. The molecule has 1 aliphatic rings. The van der Waals surface area contributed by atoms with E-state index in [1.807, 2.05) is 5.01 Å². The predicted octanol–water partition coefficient (Wildman–Crippen LogP) is -0.149. The van der Waals surface area contributed by atoms with Gasteiger partial charge in [-0.05, 0) is 19.8 Å². The quantitative estimate of drug-likeness (QED) is 0.607. The molecular weight excluding hydrogens is 154 g/mol. The molecule has 0 aromatic heterocycles. The average molecular weight is 171 g/mol. The van der Waals surface area contributed by atoms with Crippen molar-refractivity contribution in [2.75, 3.05) is 13.1 Å². The summed E-state index contributed by atoms with van der Waals surface area (Å²) in [6.45, 7) is 3.61. The van der Waals surface area contributed by atoms with Crippen LogP contribution in [0.2, 0.25) is 0 Å². The monoisotopic (exact) mass is 171 g/mol. The van der Waals surface area contributed by atoms with E-state index in [4.69, 9.17) is 5.73 Å². The molecular formula is C8H17N3O. The van der Waals surface area contributed by atoms with Crippen LogP contribution in [-0.2, 0) is 4.79 Å². The van der Waals surface area contributed by atoms with Gasteiger partial charge in [0.2, 0.25) is 0 Å². The number of amides is 1. The van der Waals surface area contributed by atoms with Gasteiger partial charge in [0.05, 0.1) is 6.04 Å². The first-order valence-electron chi connectivity index (χ1n) is 4.51. The van der Waals surface area contributed by atoms with Gasteiger partial charge in [0.25, 0.3) is 5.91 Å². The van der Waals surface area contributed by atoms with E-state index >= 15 is 0 Å². The van der Waals surface area contributed by atoms with Gasteiger partial charge in [-0.2, -0.15) is 0 Å². The van der Waals surface area contributed by atoms with Crippen molar-refractivity contribution in [2.24, 2.45) is 5.73 Å². The maximum absolute atomic E-state index is 11.1. The number of nitrogens with one attached hydrogen (secondary N) is 1. The highest BCUT2D eigenvalue weighted by molar-refractivity contribution is 5.80. The van der Waals surface area contributed by atoms with E-state index in [0.29, 0.717) is 0 Å². The molecule has 0 bridgehead atoms. The van der Waals surface area contributed by atoms with E-state index < -0.39 is 6.04 Å². The molecule has 0 aromatic carbocycles. The first kappa shape index (κ1) is 9.48. The molecule has 0 aromatic rings. The molecule has 4 nitrogen and oxygen atoms in total. The molecule has 1 atom stereocenters. The van der Waals surface area contributed by atoms with Crippen molar-refractivity contribution < 1.29 is 4.79 Å². The van der Waals surface area contributed by atoms with Crippen molar-refractivity contribution in [2.45, 2.75) is 32.2 Å². The fourth-order valence-corrected chi connectivity index (χ4v) is 1.26. The van der Waals surface area contributed by atoms with Crippen LogP contribution in [0.4, 0.5) is 0 Å². The molecule has 0 spiro atoms. The Labute approximate surface area is 73.1 Å². The van der Waals surface area contributed by atoms with Gasteiger partial charge in [0, 0.05) is 13.1 Å². The zero-order valence-corrected chi connectivity index (χ0v) is 7.55. The molecule has 1 rings (SSSR count). The van der Waals surface area contributed by atoms with E-state index in [1.54, 1.807) is 6.92 Å². The minimum Gasteiger partial charge on any atom is -0.320 e. The smallest absolute Gasteiger partial charge is 0.250 e. The van der Waals surface area contributed by atoms with Crippen molar-refractivity contribution in [1.29, 1.82) is 0 Å². The second-order valence-corrected chi connectivity index (χ2v) is 3.31. The summed E-state index contributed by atoms with van der Waals surface area (Å²) in [5, 5.41) is 1.95. The van der Waals surface area contributed by atoms with Crippen molar-refractivity contribution in [1.82, 2.24) is 10.4 Å². The van der Waals surface area contributed by atoms with Crippen molar-refractivity contribution >= 4 is 5.91 Å². The summed E-state index contributed by atoms with van der Waals surface area (Å²) >= 11 is 0. The molecule has 1 fully saturated rings. The normalized spacial score (nSPS) is 21.8. The SMILES string of the molecule is CC(N)C(=O)NN1CCCCC1. The van der Waals surface area contributed by atoms with Crippen LogP contribution in [0.25, 0.3) is 0 Å². The third-order valence-corrected chi connectivity index (χ3v) is 2.04. The van der Waals surface area contributed by atoms with Crippen LogP contribution < -0.4 is 11.2 Å². The summed E-state index contributed by atoms with van der Waals surface area (Å²) < 4.78 is 0. The molecule has 1 unspecified atom stereocenters. The van der Waals surface area contributed by atoms with Gasteiger partial charge < -0.3 is 5.73 Å². The van der Waals surface area contributed by atoms with Gasteiger partial charge in [-0.15, -0.1) is 0 Å². The highest BCUT2D eigenvalue weighted by Gasteiger charge is 2.14. The fourth-order valence-electron chi connectivity index (χ4n) is 1.26. The third kappa shape index (κ3) is 2.79. The summed E-state index contributed by atoms with van der Waals surface area (Å²) in [5.41, 5.74) is 8.20. The molecule has 0 radical (unpaired) electrons. The van der Waals surface area contributed by atoms with E-state index in [0.717, 1.165) is 13.1 Å². The lowest BCUT2D eigenvalue weighted by atomic mass is 10.2. The molecule has 0 aliphatic carbocycles. The number of carbonyl (C=O) groups is 1. The summed E-state index contributed by atoms with van der Waals surface area (Å²) in [6.07, 6.45) is 3.60. The number of hydrogen-bond acceptors (Lipinski definition) is 3. The number of carbonyl (C=O) groups excluding carboxylic acids is 1. The lowest BCUT2D eigenvalue weighted by molar-refractivity contribution is -0.127. The van der Waals surface area contributed by atoms with Gasteiger partial charge in [0.15, 0.2) is 0 Å². The van der Waals surface area contributed by atoms with Crippen LogP contribution in [0.1, 0.15) is 26.2 Å². The van der Waals surface area contributed by atoms with Gasteiger partial charge in [0.1, 0.15) is 0 Å². The van der Waals surface area contributed by atoms with Gasteiger partial charge >= 0.3 is 0 Å². The molecule has 1 heterocycles. The number of nitrogens with two attached hydrogens (primary N) is 1. The highest BCUT2D eigenvalue weighted by atomic mass is 16.2.